The number of piperazine rings is 1. The number of amides is 2. The Morgan fingerprint density at radius 2 is 1.81 bits per heavy atom. The third-order valence-electron chi connectivity index (χ3n) is 4.99. The molecular weight excluding hydrogens is 347 g/mol. The Kier molecular flexibility index (Phi) is 5.56. The van der Waals surface area contributed by atoms with E-state index >= 15 is 0 Å². The number of hydrogen-bond donors (Lipinski definition) is 1. The van der Waals surface area contributed by atoms with Crippen molar-refractivity contribution in [3.8, 4) is 0 Å². The van der Waals surface area contributed by atoms with Gasteiger partial charge < -0.3 is 14.9 Å². The van der Waals surface area contributed by atoms with Crippen LogP contribution < -0.4 is 0 Å². The molecule has 142 valence electrons. The highest BCUT2D eigenvalue weighted by Crippen LogP contribution is 2.19. The number of aliphatic hydroxyl groups is 1. The van der Waals surface area contributed by atoms with Crippen molar-refractivity contribution in [1.82, 2.24) is 9.80 Å². The van der Waals surface area contributed by atoms with Crippen molar-refractivity contribution in [2.75, 3.05) is 19.6 Å². The molecule has 1 atom stereocenters. The van der Waals surface area contributed by atoms with Crippen molar-refractivity contribution < 1.29 is 19.1 Å². The number of carbonyl (C=O) groups excluding carboxylic acids is 2. The highest BCUT2D eigenvalue weighted by molar-refractivity contribution is 5.88. The summed E-state index contributed by atoms with van der Waals surface area (Å²) in [4.78, 5) is 28.0. The van der Waals surface area contributed by atoms with Crippen LogP contribution in [0.25, 0.3) is 0 Å². The topological polar surface area (TPSA) is 60.9 Å². The van der Waals surface area contributed by atoms with Gasteiger partial charge in [-0.05, 0) is 48.2 Å². The Labute approximate surface area is 158 Å². The zero-order chi connectivity index (χ0) is 19.6. The molecule has 1 fully saturated rings. The molecule has 0 aliphatic carbocycles. The molecule has 27 heavy (non-hydrogen) atoms. The van der Waals surface area contributed by atoms with E-state index < -0.39 is 17.8 Å². The molecule has 2 aromatic rings. The van der Waals surface area contributed by atoms with E-state index in [0.29, 0.717) is 25.2 Å². The summed E-state index contributed by atoms with van der Waals surface area (Å²) < 4.78 is 13.0. The van der Waals surface area contributed by atoms with Gasteiger partial charge in [0.05, 0.1) is 6.54 Å². The Balaban J connectivity index is 1.62. The first-order valence-corrected chi connectivity index (χ1v) is 8.91. The molecule has 6 heteroatoms. The second kappa shape index (κ2) is 7.88. The van der Waals surface area contributed by atoms with Crippen molar-refractivity contribution >= 4 is 11.8 Å². The minimum Gasteiger partial charge on any atom is -0.378 e. The van der Waals surface area contributed by atoms with Gasteiger partial charge in [-0.3, -0.25) is 9.59 Å². The van der Waals surface area contributed by atoms with Crippen molar-refractivity contribution in [1.29, 1.82) is 0 Å². The summed E-state index contributed by atoms with van der Waals surface area (Å²) in [6.45, 7) is 5.28. The second-order valence-corrected chi connectivity index (χ2v) is 6.95. The van der Waals surface area contributed by atoms with E-state index in [1.807, 2.05) is 26.0 Å². The third-order valence-corrected chi connectivity index (χ3v) is 4.99. The first-order chi connectivity index (χ1) is 12.8. The molecule has 1 saturated heterocycles. The van der Waals surface area contributed by atoms with Crippen molar-refractivity contribution in [3.05, 3.63) is 70.5 Å². The molecule has 1 N–H and O–H groups in total. The molecule has 0 spiro atoms. The zero-order valence-electron chi connectivity index (χ0n) is 15.5. The molecule has 1 aliphatic heterocycles. The average Bonchev–Trinajstić information content (AvgIpc) is 2.66. The van der Waals surface area contributed by atoms with Crippen LogP contribution in [0.4, 0.5) is 4.39 Å². The summed E-state index contributed by atoms with van der Waals surface area (Å²) in [7, 11) is 0. The number of hydrogen-bond acceptors (Lipinski definition) is 3. The minimum absolute atomic E-state index is 0.0675. The van der Waals surface area contributed by atoms with E-state index in [2.05, 4.69) is 6.07 Å². The summed E-state index contributed by atoms with van der Waals surface area (Å²) in [5.41, 5.74) is 3.75. The average molecular weight is 370 g/mol. The molecule has 0 saturated carbocycles. The minimum atomic E-state index is -1.40. The number of nitrogens with zero attached hydrogens (tertiary/aromatic N) is 2. The summed E-state index contributed by atoms with van der Waals surface area (Å²) >= 11 is 0. The van der Waals surface area contributed by atoms with Gasteiger partial charge in [0.1, 0.15) is 5.82 Å². The van der Waals surface area contributed by atoms with Crippen LogP contribution >= 0.6 is 0 Å². The molecule has 3 rings (SSSR count). The number of aryl methyl sites for hydroxylation is 2. The number of benzene rings is 2. The van der Waals surface area contributed by atoms with Gasteiger partial charge in [0, 0.05) is 19.6 Å². The standard InChI is InChI=1S/C21H23FN2O3/c1-14-3-4-16(11-15(14)2)12-23-9-10-24(13-19(23)25)21(27)20(26)17-5-7-18(22)8-6-17/h3-8,11,20,26H,9-10,12-13H2,1-2H3. The van der Waals surface area contributed by atoms with Crippen molar-refractivity contribution in [2.24, 2.45) is 0 Å². The highest BCUT2D eigenvalue weighted by atomic mass is 19.1. The Hall–Kier alpha value is -2.73. The first-order valence-electron chi connectivity index (χ1n) is 8.91. The number of halogens is 1. The van der Waals surface area contributed by atoms with E-state index in [4.69, 9.17) is 0 Å². The summed E-state index contributed by atoms with van der Waals surface area (Å²) in [6, 6.07) is 11.2. The number of aliphatic hydroxyl groups excluding tert-OH is 1. The van der Waals surface area contributed by atoms with Crippen LogP contribution in [0, 0.1) is 19.7 Å². The molecule has 1 aliphatic rings. The molecule has 0 bridgehead atoms. The maximum absolute atomic E-state index is 13.0. The molecule has 5 nitrogen and oxygen atoms in total. The SMILES string of the molecule is Cc1ccc(CN2CCN(C(=O)C(O)c3ccc(F)cc3)CC2=O)cc1C. The summed E-state index contributed by atoms with van der Waals surface area (Å²) in [5.74, 6) is -1.13. The lowest BCUT2D eigenvalue weighted by atomic mass is 10.1. The first kappa shape index (κ1) is 19.0. The molecular formula is C21H23FN2O3. The second-order valence-electron chi connectivity index (χ2n) is 6.95. The molecule has 0 radical (unpaired) electrons. The molecule has 2 amide bonds. The van der Waals surface area contributed by atoms with Crippen LogP contribution in [0.1, 0.15) is 28.4 Å². The van der Waals surface area contributed by atoms with Crippen LogP contribution in [-0.4, -0.2) is 46.4 Å². The lowest BCUT2D eigenvalue weighted by Crippen LogP contribution is -2.52. The van der Waals surface area contributed by atoms with Crippen LogP contribution in [0.2, 0.25) is 0 Å². The fourth-order valence-electron chi connectivity index (χ4n) is 3.15. The monoisotopic (exact) mass is 370 g/mol. The fraction of sp³-hybridized carbons (Fsp3) is 0.333. The van der Waals surface area contributed by atoms with Crippen molar-refractivity contribution in [3.63, 3.8) is 0 Å². The lowest BCUT2D eigenvalue weighted by molar-refractivity contribution is -0.150. The highest BCUT2D eigenvalue weighted by Gasteiger charge is 2.31. The largest absolute Gasteiger partial charge is 0.378 e. The molecule has 1 heterocycles. The number of carbonyl (C=O) groups is 2. The van der Waals surface area contributed by atoms with Crippen LogP contribution in [0.3, 0.4) is 0 Å². The van der Waals surface area contributed by atoms with Crippen LogP contribution in [-0.2, 0) is 16.1 Å². The van der Waals surface area contributed by atoms with E-state index in [1.165, 1.54) is 40.3 Å². The smallest absolute Gasteiger partial charge is 0.256 e. The van der Waals surface area contributed by atoms with Gasteiger partial charge in [0.25, 0.3) is 5.91 Å². The zero-order valence-corrected chi connectivity index (χ0v) is 15.5. The van der Waals surface area contributed by atoms with Crippen LogP contribution in [0.15, 0.2) is 42.5 Å². The lowest BCUT2D eigenvalue weighted by Gasteiger charge is -2.35. The normalized spacial score (nSPS) is 15.8. The van der Waals surface area contributed by atoms with Gasteiger partial charge in [-0.15, -0.1) is 0 Å². The van der Waals surface area contributed by atoms with Gasteiger partial charge >= 0.3 is 0 Å². The van der Waals surface area contributed by atoms with Gasteiger partial charge in [-0.1, -0.05) is 30.3 Å². The predicted molar refractivity (Wildman–Crippen MR) is 99.3 cm³/mol. The Morgan fingerprint density at radius 3 is 2.44 bits per heavy atom. The van der Waals surface area contributed by atoms with Gasteiger partial charge in [-0.25, -0.2) is 4.39 Å². The molecule has 1 unspecified atom stereocenters. The fourth-order valence-corrected chi connectivity index (χ4v) is 3.15. The molecule has 2 aromatic carbocycles. The quantitative estimate of drug-likeness (QED) is 0.899. The van der Waals surface area contributed by atoms with Gasteiger partial charge in [0.2, 0.25) is 5.91 Å². The van der Waals surface area contributed by atoms with Crippen molar-refractivity contribution in [2.45, 2.75) is 26.5 Å². The Bertz CT molecular complexity index is 851. The van der Waals surface area contributed by atoms with Gasteiger partial charge in [-0.2, -0.15) is 0 Å². The predicted octanol–water partition coefficient (Wildman–Crippen LogP) is 2.35. The number of rotatable bonds is 4. The summed E-state index contributed by atoms with van der Waals surface area (Å²) in [6.07, 6.45) is -1.40. The van der Waals surface area contributed by atoms with E-state index in [1.54, 1.807) is 4.90 Å². The Morgan fingerprint density at radius 1 is 1.11 bits per heavy atom. The van der Waals surface area contributed by atoms with Gasteiger partial charge in [0.15, 0.2) is 6.10 Å². The maximum Gasteiger partial charge on any atom is 0.256 e. The van der Waals surface area contributed by atoms with E-state index in [0.717, 1.165) is 5.56 Å². The third kappa shape index (κ3) is 4.34. The van der Waals surface area contributed by atoms with E-state index in [9.17, 15) is 19.1 Å². The maximum atomic E-state index is 13.0. The molecule has 0 aromatic heterocycles. The van der Waals surface area contributed by atoms with Crippen LogP contribution in [0.5, 0.6) is 0 Å². The van der Waals surface area contributed by atoms with E-state index in [-0.39, 0.29) is 12.5 Å². The summed E-state index contributed by atoms with van der Waals surface area (Å²) in [5, 5.41) is 10.2.